The number of esters is 1. The minimum atomic E-state index is -1.16. The second-order valence-corrected chi connectivity index (χ2v) is 13.2. The van der Waals surface area contributed by atoms with Crippen LogP contribution in [-0.4, -0.2) is 87.1 Å². The van der Waals surface area contributed by atoms with E-state index < -0.39 is 41.6 Å². The van der Waals surface area contributed by atoms with Crippen LogP contribution in [0.3, 0.4) is 0 Å². The van der Waals surface area contributed by atoms with E-state index in [0.29, 0.717) is 19.4 Å². The number of rotatable bonds is 14. The first-order valence-corrected chi connectivity index (χ1v) is 16.1. The van der Waals surface area contributed by atoms with Gasteiger partial charge in [0.1, 0.15) is 11.6 Å². The summed E-state index contributed by atoms with van der Waals surface area (Å²) >= 11 is 3.73. The highest BCUT2D eigenvalue weighted by atomic mass is 79.9. The number of hydrogen-bond acceptors (Lipinski definition) is 6. The first-order valence-electron chi connectivity index (χ1n) is 15.2. The van der Waals surface area contributed by atoms with E-state index in [1.165, 1.54) is 0 Å². The van der Waals surface area contributed by atoms with Gasteiger partial charge in [0.25, 0.3) is 0 Å². The van der Waals surface area contributed by atoms with Gasteiger partial charge >= 0.3 is 5.97 Å². The van der Waals surface area contributed by atoms with Crippen molar-refractivity contribution < 1.29 is 29.0 Å². The zero-order valence-corrected chi connectivity index (χ0v) is 25.7. The SMILES string of the molecule is C=CCCCCOC(=O)[C@H]1[C@H]2C(=O)N([C@@H](CO)[C@@H](C)CC)C(C(=O)N(CC=C)C3CCCCC3)C23CC(Br)[C@@H]1O3. The van der Waals surface area contributed by atoms with E-state index in [1.54, 1.807) is 11.0 Å². The van der Waals surface area contributed by atoms with Gasteiger partial charge in [-0.1, -0.05) is 67.6 Å². The number of aliphatic hydroxyl groups excluding tert-OH is 1. The molecule has 1 aliphatic carbocycles. The highest BCUT2D eigenvalue weighted by Gasteiger charge is 2.77. The molecule has 1 saturated carbocycles. The molecule has 224 valence electrons. The van der Waals surface area contributed by atoms with Gasteiger partial charge in [0.05, 0.1) is 37.2 Å². The van der Waals surface area contributed by atoms with Crippen LogP contribution in [0.1, 0.15) is 78.1 Å². The lowest BCUT2D eigenvalue weighted by molar-refractivity contribution is -0.157. The van der Waals surface area contributed by atoms with Crippen molar-refractivity contribution in [1.29, 1.82) is 0 Å². The Labute approximate surface area is 247 Å². The van der Waals surface area contributed by atoms with Gasteiger partial charge in [-0.2, -0.15) is 0 Å². The number of carbonyl (C=O) groups excluding carboxylic acids is 3. The maximum Gasteiger partial charge on any atom is 0.312 e. The van der Waals surface area contributed by atoms with Crippen LogP contribution in [0.2, 0.25) is 0 Å². The Morgan fingerprint density at radius 3 is 2.60 bits per heavy atom. The molecule has 4 aliphatic rings. The van der Waals surface area contributed by atoms with E-state index >= 15 is 0 Å². The normalized spacial score (nSPS) is 33.0. The standard InChI is InChI=1S/C31H47BrN2O6/c1-5-8-9-13-17-39-30(38)24-25-28(36)34(23(19-35)20(4)7-3)27(31(25)18-22(32)26(24)40-31)29(37)33(16-6-2)21-14-11-10-12-15-21/h5-6,20-27,35H,1-2,7-19H2,3-4H3/t20-,22?,23-,24-,25-,26-,27?,31?/m0/s1. The fraction of sp³-hybridized carbons (Fsp3) is 0.774. The second kappa shape index (κ2) is 13.5. The number of unbranched alkanes of at least 4 members (excludes halogenated alkanes) is 2. The van der Waals surface area contributed by atoms with Crippen LogP contribution in [0.15, 0.2) is 25.3 Å². The summed E-state index contributed by atoms with van der Waals surface area (Å²) in [6, 6.07) is -1.42. The van der Waals surface area contributed by atoms with Crippen molar-refractivity contribution >= 4 is 33.7 Å². The summed E-state index contributed by atoms with van der Waals surface area (Å²) in [5.41, 5.74) is -1.16. The van der Waals surface area contributed by atoms with E-state index in [-0.39, 0.29) is 41.8 Å². The Bertz CT molecular complexity index is 954. The third-order valence-electron chi connectivity index (χ3n) is 9.75. The largest absolute Gasteiger partial charge is 0.465 e. The monoisotopic (exact) mass is 622 g/mol. The fourth-order valence-corrected chi connectivity index (χ4v) is 8.50. The van der Waals surface area contributed by atoms with E-state index in [4.69, 9.17) is 9.47 Å². The Balaban J connectivity index is 1.72. The molecule has 1 N–H and O–H groups in total. The predicted octanol–water partition coefficient (Wildman–Crippen LogP) is 4.39. The first kappa shape index (κ1) is 31.2. The van der Waals surface area contributed by atoms with Gasteiger partial charge in [-0.05, 0) is 44.4 Å². The number of halogens is 1. The van der Waals surface area contributed by atoms with Crippen molar-refractivity contribution in [2.75, 3.05) is 19.8 Å². The van der Waals surface area contributed by atoms with E-state index in [1.807, 2.05) is 24.8 Å². The minimum absolute atomic E-state index is 0.0470. The van der Waals surface area contributed by atoms with Crippen molar-refractivity contribution in [2.24, 2.45) is 17.8 Å². The molecule has 3 heterocycles. The van der Waals surface area contributed by atoms with E-state index in [2.05, 4.69) is 29.1 Å². The molecule has 0 radical (unpaired) electrons. The quantitative estimate of drug-likeness (QED) is 0.134. The molecule has 3 aliphatic heterocycles. The van der Waals surface area contributed by atoms with Gasteiger partial charge in [0.2, 0.25) is 11.8 Å². The van der Waals surface area contributed by atoms with Crippen LogP contribution >= 0.6 is 15.9 Å². The average Bonchev–Trinajstić information content (AvgIpc) is 3.55. The summed E-state index contributed by atoms with van der Waals surface area (Å²) in [4.78, 5) is 45.9. The third kappa shape index (κ3) is 5.54. The number of aliphatic hydroxyl groups is 1. The number of fused-ring (bicyclic) bond motifs is 1. The molecule has 3 saturated heterocycles. The molecule has 0 aromatic heterocycles. The Morgan fingerprint density at radius 1 is 1.25 bits per heavy atom. The maximum absolute atomic E-state index is 14.7. The number of carbonyl (C=O) groups is 3. The van der Waals surface area contributed by atoms with Crippen LogP contribution in [0.4, 0.5) is 0 Å². The van der Waals surface area contributed by atoms with Crippen LogP contribution in [-0.2, 0) is 23.9 Å². The fourth-order valence-electron chi connectivity index (χ4n) is 7.56. The highest BCUT2D eigenvalue weighted by molar-refractivity contribution is 9.09. The summed E-state index contributed by atoms with van der Waals surface area (Å²) in [6.45, 7) is 12.0. The van der Waals surface area contributed by atoms with Gasteiger partial charge in [0.15, 0.2) is 0 Å². The Hall–Kier alpha value is -1.71. The lowest BCUT2D eigenvalue weighted by atomic mass is 9.70. The zero-order chi connectivity index (χ0) is 29.0. The molecule has 0 aromatic rings. The lowest BCUT2D eigenvalue weighted by Gasteiger charge is -2.43. The van der Waals surface area contributed by atoms with Crippen molar-refractivity contribution in [3.05, 3.63) is 25.3 Å². The molecule has 8 nitrogen and oxygen atoms in total. The number of ether oxygens (including phenoxy) is 2. The van der Waals surface area contributed by atoms with Crippen LogP contribution in [0.5, 0.6) is 0 Å². The molecule has 1 spiro atoms. The van der Waals surface area contributed by atoms with Crippen LogP contribution in [0, 0.1) is 17.8 Å². The van der Waals surface area contributed by atoms with E-state index in [0.717, 1.165) is 51.4 Å². The first-order chi connectivity index (χ1) is 19.3. The van der Waals surface area contributed by atoms with E-state index in [9.17, 15) is 19.5 Å². The number of nitrogens with zero attached hydrogens (tertiary/aromatic N) is 2. The molecule has 40 heavy (non-hydrogen) atoms. The van der Waals surface area contributed by atoms with Gasteiger partial charge in [-0.25, -0.2) is 0 Å². The number of alkyl halides is 1. The molecule has 8 atom stereocenters. The summed E-state index contributed by atoms with van der Waals surface area (Å²) in [6.07, 6.45) is 11.7. The molecule has 9 heteroatoms. The van der Waals surface area contributed by atoms with Crippen LogP contribution in [0.25, 0.3) is 0 Å². The summed E-state index contributed by atoms with van der Waals surface area (Å²) in [5.74, 6) is -2.56. The molecular formula is C31H47BrN2O6. The van der Waals surface area contributed by atoms with Crippen molar-refractivity contribution in [2.45, 2.75) is 113 Å². The molecule has 2 amide bonds. The number of amides is 2. The van der Waals surface area contributed by atoms with Gasteiger partial charge in [0, 0.05) is 17.4 Å². The number of likely N-dealkylation sites (tertiary alicyclic amines) is 1. The molecule has 0 aromatic carbocycles. The molecule has 2 bridgehead atoms. The highest BCUT2D eigenvalue weighted by Crippen LogP contribution is 2.61. The second-order valence-electron chi connectivity index (χ2n) is 12.1. The van der Waals surface area contributed by atoms with Crippen molar-refractivity contribution in [3.8, 4) is 0 Å². The van der Waals surface area contributed by atoms with Crippen molar-refractivity contribution in [1.82, 2.24) is 9.80 Å². The maximum atomic E-state index is 14.7. The minimum Gasteiger partial charge on any atom is -0.465 e. The number of allylic oxidation sites excluding steroid dienone is 1. The molecule has 4 fully saturated rings. The summed E-state index contributed by atoms with van der Waals surface area (Å²) in [7, 11) is 0. The average molecular weight is 624 g/mol. The smallest absolute Gasteiger partial charge is 0.312 e. The zero-order valence-electron chi connectivity index (χ0n) is 24.1. The van der Waals surface area contributed by atoms with Crippen LogP contribution < -0.4 is 0 Å². The lowest BCUT2D eigenvalue weighted by Crippen LogP contribution is -2.61. The Morgan fingerprint density at radius 2 is 1.98 bits per heavy atom. The third-order valence-corrected chi connectivity index (χ3v) is 10.6. The van der Waals surface area contributed by atoms with Crippen molar-refractivity contribution in [3.63, 3.8) is 0 Å². The van der Waals surface area contributed by atoms with Gasteiger partial charge in [-0.3, -0.25) is 14.4 Å². The molecular weight excluding hydrogens is 576 g/mol. The van der Waals surface area contributed by atoms with Gasteiger partial charge < -0.3 is 24.4 Å². The predicted molar refractivity (Wildman–Crippen MR) is 157 cm³/mol. The summed E-state index contributed by atoms with van der Waals surface area (Å²) < 4.78 is 12.3. The number of hydrogen-bond donors (Lipinski definition) is 1. The topological polar surface area (TPSA) is 96.4 Å². The van der Waals surface area contributed by atoms with Gasteiger partial charge in [-0.15, -0.1) is 13.2 Å². The molecule has 4 rings (SSSR count). The Kier molecular flexibility index (Phi) is 10.5. The summed E-state index contributed by atoms with van der Waals surface area (Å²) in [5, 5.41) is 10.6. The molecule has 3 unspecified atom stereocenters.